The summed E-state index contributed by atoms with van der Waals surface area (Å²) in [4.78, 5) is 42.9. The van der Waals surface area contributed by atoms with E-state index in [2.05, 4.69) is 9.97 Å². The lowest BCUT2D eigenvalue weighted by Crippen LogP contribution is -2.22. The lowest BCUT2D eigenvalue weighted by molar-refractivity contribution is 0.0697. The van der Waals surface area contributed by atoms with Crippen LogP contribution in [0.2, 0.25) is 0 Å². The number of aromatic carboxylic acids is 1. The van der Waals surface area contributed by atoms with Crippen molar-refractivity contribution in [3.63, 3.8) is 0 Å². The number of hydrogen-bond donors (Lipinski definition) is 2. The first kappa shape index (κ1) is 18.1. The van der Waals surface area contributed by atoms with E-state index in [-0.39, 0.29) is 16.7 Å². The molecule has 0 amide bonds. The van der Waals surface area contributed by atoms with Gasteiger partial charge in [0, 0.05) is 12.3 Å². The van der Waals surface area contributed by atoms with Crippen molar-refractivity contribution in [3.8, 4) is 5.69 Å². The van der Waals surface area contributed by atoms with Crippen LogP contribution in [-0.2, 0) is 0 Å². The first-order valence-electron chi connectivity index (χ1n) is 8.75. The second-order valence-electron chi connectivity index (χ2n) is 6.30. The van der Waals surface area contributed by atoms with E-state index in [4.69, 9.17) is 0 Å². The first-order chi connectivity index (χ1) is 14.0. The van der Waals surface area contributed by atoms with Gasteiger partial charge in [0.25, 0.3) is 5.56 Å². The Morgan fingerprint density at radius 3 is 2.59 bits per heavy atom. The van der Waals surface area contributed by atoms with Crippen LogP contribution >= 0.6 is 0 Å². The van der Waals surface area contributed by atoms with E-state index in [0.29, 0.717) is 22.4 Å². The molecule has 7 heteroatoms. The minimum absolute atomic E-state index is 0.0677. The van der Waals surface area contributed by atoms with Gasteiger partial charge in [0.15, 0.2) is 0 Å². The maximum absolute atomic E-state index is 13.2. The molecule has 2 N–H and O–H groups in total. The molecule has 29 heavy (non-hydrogen) atoms. The molecule has 4 aromatic rings. The third-order valence-corrected chi connectivity index (χ3v) is 4.39. The third-order valence-electron chi connectivity index (χ3n) is 4.39. The van der Waals surface area contributed by atoms with E-state index in [1.165, 1.54) is 22.8 Å². The number of pyridine rings is 1. The quantitative estimate of drug-likeness (QED) is 0.562. The number of nitrogens with one attached hydrogen (secondary N) is 1. The monoisotopic (exact) mass is 385 g/mol. The Hall–Kier alpha value is -4.26. The van der Waals surface area contributed by atoms with Gasteiger partial charge in [-0.05, 0) is 54.1 Å². The van der Waals surface area contributed by atoms with Crippen LogP contribution in [0.15, 0.2) is 76.4 Å². The molecule has 0 aliphatic carbocycles. The Bertz CT molecular complexity index is 1360. The summed E-state index contributed by atoms with van der Waals surface area (Å²) in [6.45, 7) is 0. The number of fused-ring (bicyclic) bond motifs is 1. The zero-order chi connectivity index (χ0) is 20.4. The Morgan fingerprint density at radius 2 is 1.83 bits per heavy atom. The average molecular weight is 385 g/mol. The predicted octanol–water partition coefficient (Wildman–Crippen LogP) is 2.94. The highest BCUT2D eigenvalue weighted by molar-refractivity contribution is 5.88. The van der Waals surface area contributed by atoms with Gasteiger partial charge >= 0.3 is 5.97 Å². The number of aromatic nitrogens is 3. The van der Waals surface area contributed by atoms with Gasteiger partial charge in [-0.1, -0.05) is 18.2 Å². The van der Waals surface area contributed by atoms with E-state index >= 15 is 0 Å². The third kappa shape index (κ3) is 3.61. The van der Waals surface area contributed by atoms with Crippen molar-refractivity contribution in [2.24, 2.45) is 0 Å². The fraction of sp³-hybridized carbons (Fsp3) is 0. The number of benzene rings is 2. The van der Waals surface area contributed by atoms with E-state index in [1.54, 1.807) is 60.8 Å². The Morgan fingerprint density at radius 1 is 1.00 bits per heavy atom. The number of H-pyrrole nitrogens is 1. The first-order valence-corrected chi connectivity index (χ1v) is 8.75. The zero-order valence-corrected chi connectivity index (χ0v) is 15.1. The second kappa shape index (κ2) is 7.40. The number of para-hydroxylation sites is 1. The molecule has 0 atom stereocenters. The van der Waals surface area contributed by atoms with Gasteiger partial charge in [-0.2, -0.15) is 0 Å². The van der Waals surface area contributed by atoms with Gasteiger partial charge in [-0.25, -0.2) is 9.78 Å². The summed E-state index contributed by atoms with van der Waals surface area (Å²) in [6.07, 6.45) is 4.91. The fourth-order valence-corrected chi connectivity index (χ4v) is 2.99. The molecule has 142 valence electrons. The number of carboxylic acids is 1. The molecule has 0 radical (unpaired) electrons. The lowest BCUT2D eigenvalue weighted by Gasteiger charge is -2.12. The van der Waals surface area contributed by atoms with Gasteiger partial charge in [0.2, 0.25) is 5.56 Å². The molecule has 0 unspecified atom stereocenters. The normalized spacial score (nSPS) is 11.2. The zero-order valence-electron chi connectivity index (χ0n) is 15.1. The van der Waals surface area contributed by atoms with Crippen LogP contribution in [0.5, 0.6) is 0 Å². The summed E-state index contributed by atoms with van der Waals surface area (Å²) in [5.74, 6) is -0.749. The topological polar surface area (TPSA) is 105 Å². The molecule has 0 saturated heterocycles. The van der Waals surface area contributed by atoms with E-state index in [1.807, 2.05) is 0 Å². The van der Waals surface area contributed by atoms with Crippen LogP contribution in [-0.4, -0.2) is 25.6 Å². The maximum Gasteiger partial charge on any atom is 0.335 e. The molecular formula is C22H15N3O4. The van der Waals surface area contributed by atoms with Gasteiger partial charge in [0.1, 0.15) is 5.82 Å². The molecular weight excluding hydrogens is 370 g/mol. The van der Waals surface area contributed by atoms with Crippen LogP contribution in [0.4, 0.5) is 0 Å². The number of hydrogen-bond acceptors (Lipinski definition) is 4. The molecule has 0 saturated carbocycles. The highest BCUT2D eigenvalue weighted by Crippen LogP contribution is 2.16. The van der Waals surface area contributed by atoms with Gasteiger partial charge < -0.3 is 10.1 Å². The number of carboxylic acid groups (broad SMARTS) is 1. The average Bonchev–Trinajstić information content (AvgIpc) is 2.73. The number of rotatable bonds is 4. The van der Waals surface area contributed by atoms with E-state index in [9.17, 15) is 19.5 Å². The Balaban J connectivity index is 1.95. The summed E-state index contributed by atoms with van der Waals surface area (Å²) >= 11 is 0. The predicted molar refractivity (Wildman–Crippen MR) is 110 cm³/mol. The molecule has 4 rings (SSSR count). The summed E-state index contributed by atoms with van der Waals surface area (Å²) in [6, 6.07) is 16.1. The lowest BCUT2D eigenvalue weighted by atomic mass is 10.2. The smallest absolute Gasteiger partial charge is 0.335 e. The highest BCUT2D eigenvalue weighted by atomic mass is 16.4. The summed E-state index contributed by atoms with van der Waals surface area (Å²) in [7, 11) is 0. The Labute approximate surface area is 164 Å². The van der Waals surface area contributed by atoms with Gasteiger partial charge in [0.05, 0.1) is 22.2 Å². The minimum Gasteiger partial charge on any atom is -0.478 e. The van der Waals surface area contributed by atoms with Crippen molar-refractivity contribution in [2.45, 2.75) is 0 Å². The van der Waals surface area contributed by atoms with Crippen molar-refractivity contribution < 1.29 is 9.90 Å². The number of aromatic amines is 1. The Kier molecular flexibility index (Phi) is 4.62. The van der Waals surface area contributed by atoms with Gasteiger partial charge in [-0.15, -0.1) is 0 Å². The summed E-state index contributed by atoms with van der Waals surface area (Å²) in [5, 5.41) is 9.72. The summed E-state index contributed by atoms with van der Waals surface area (Å²) in [5.41, 5.74) is 1.20. The largest absolute Gasteiger partial charge is 0.478 e. The summed E-state index contributed by atoms with van der Waals surface area (Å²) < 4.78 is 1.37. The van der Waals surface area contributed by atoms with E-state index < -0.39 is 5.97 Å². The minimum atomic E-state index is -1.08. The van der Waals surface area contributed by atoms with Crippen molar-refractivity contribution in [3.05, 3.63) is 105 Å². The van der Waals surface area contributed by atoms with Gasteiger partial charge in [-0.3, -0.25) is 14.2 Å². The van der Waals surface area contributed by atoms with Crippen LogP contribution in [0.3, 0.4) is 0 Å². The number of carbonyl (C=O) groups is 1. The van der Waals surface area contributed by atoms with E-state index in [0.717, 1.165) is 5.56 Å². The molecule has 0 aliphatic rings. The standard InChI is InChI=1S/C22H15N3O4/c26-20-11-9-14(13-23-20)8-10-19-24-18-7-2-1-6-17(18)21(27)25(19)16-5-3-4-15(12-16)22(28)29/h1-13H,(H,23,26)(H,28,29)/b10-8+. The molecule has 0 spiro atoms. The second-order valence-corrected chi connectivity index (χ2v) is 6.30. The van der Waals surface area contributed by atoms with Crippen LogP contribution < -0.4 is 11.1 Å². The molecule has 0 bridgehead atoms. The van der Waals surface area contributed by atoms with Crippen molar-refractivity contribution in [2.75, 3.05) is 0 Å². The highest BCUT2D eigenvalue weighted by Gasteiger charge is 2.12. The van der Waals surface area contributed by atoms with Crippen LogP contribution in [0, 0.1) is 0 Å². The molecule has 2 aromatic carbocycles. The molecule has 0 fully saturated rings. The van der Waals surface area contributed by atoms with Crippen molar-refractivity contribution in [1.29, 1.82) is 0 Å². The maximum atomic E-state index is 13.2. The molecule has 0 aliphatic heterocycles. The van der Waals surface area contributed by atoms with Crippen molar-refractivity contribution >= 4 is 29.0 Å². The molecule has 7 nitrogen and oxygen atoms in total. The SMILES string of the molecule is O=C(O)c1cccc(-n2c(/C=C/c3ccc(=O)[nH]c3)nc3ccccc3c2=O)c1. The van der Waals surface area contributed by atoms with Crippen LogP contribution in [0.25, 0.3) is 28.7 Å². The van der Waals surface area contributed by atoms with Crippen LogP contribution in [0.1, 0.15) is 21.7 Å². The fourth-order valence-electron chi connectivity index (χ4n) is 2.99. The van der Waals surface area contributed by atoms with Crippen molar-refractivity contribution in [1.82, 2.24) is 14.5 Å². The number of nitrogens with zero attached hydrogens (tertiary/aromatic N) is 2. The molecule has 2 heterocycles. The molecule has 2 aromatic heterocycles.